The van der Waals surface area contributed by atoms with E-state index < -0.39 is 0 Å². The molecular formula is C15H19NS. The van der Waals surface area contributed by atoms with E-state index in [4.69, 9.17) is 5.73 Å². The number of fused-ring (bicyclic) bond motifs is 1. The zero-order valence-electron chi connectivity index (χ0n) is 10.5. The van der Waals surface area contributed by atoms with Crippen LogP contribution in [0.5, 0.6) is 0 Å². The molecule has 0 amide bonds. The topological polar surface area (TPSA) is 26.0 Å². The summed E-state index contributed by atoms with van der Waals surface area (Å²) < 4.78 is 1.41. The first-order valence-corrected chi connectivity index (χ1v) is 7.27. The minimum absolute atomic E-state index is 0.604. The number of thiophene rings is 1. The molecule has 0 saturated heterocycles. The van der Waals surface area contributed by atoms with Gasteiger partial charge in [0.25, 0.3) is 0 Å². The van der Waals surface area contributed by atoms with E-state index in [1.807, 2.05) is 11.3 Å². The molecule has 0 atom stereocenters. The normalized spacial score (nSPS) is 16.0. The lowest BCUT2D eigenvalue weighted by atomic mass is 9.98. The highest BCUT2D eigenvalue weighted by atomic mass is 32.1. The molecule has 0 aliphatic heterocycles. The van der Waals surface area contributed by atoms with Crippen molar-refractivity contribution in [2.45, 2.75) is 45.1 Å². The molecule has 3 rings (SSSR count). The fourth-order valence-corrected chi connectivity index (χ4v) is 3.67. The monoisotopic (exact) mass is 245 g/mol. The van der Waals surface area contributed by atoms with Gasteiger partial charge in [0.05, 0.1) is 0 Å². The van der Waals surface area contributed by atoms with Crippen molar-refractivity contribution in [3.63, 3.8) is 0 Å². The van der Waals surface area contributed by atoms with Crippen LogP contribution in [0.3, 0.4) is 0 Å². The highest BCUT2D eigenvalue weighted by Gasteiger charge is 2.29. The Morgan fingerprint density at radius 2 is 2.12 bits per heavy atom. The van der Waals surface area contributed by atoms with Crippen LogP contribution in [0.2, 0.25) is 0 Å². The van der Waals surface area contributed by atoms with Gasteiger partial charge in [-0.25, -0.2) is 0 Å². The Hall–Kier alpha value is -0.860. The standard InChI is InChI=1S/C15H19NS/c1-9(2)11-5-6-13-12(7-11)15(10-3-4-10)14(8-16)17-13/h5-7,9-10H,3-4,8,16H2,1-2H3. The molecule has 0 unspecified atom stereocenters. The smallest absolute Gasteiger partial charge is 0.0349 e. The first kappa shape index (κ1) is 11.2. The highest BCUT2D eigenvalue weighted by Crippen LogP contribution is 2.48. The van der Waals surface area contributed by atoms with E-state index in [1.165, 1.54) is 33.4 Å². The van der Waals surface area contributed by atoms with Crippen molar-refractivity contribution in [2.24, 2.45) is 5.73 Å². The molecule has 1 nitrogen and oxygen atoms in total. The summed E-state index contributed by atoms with van der Waals surface area (Å²) in [6.07, 6.45) is 2.70. The highest BCUT2D eigenvalue weighted by molar-refractivity contribution is 7.19. The van der Waals surface area contributed by atoms with Gasteiger partial charge in [-0.3, -0.25) is 0 Å². The second-order valence-corrected chi connectivity index (χ2v) is 6.46. The Bertz CT molecular complexity index is 549. The van der Waals surface area contributed by atoms with Gasteiger partial charge < -0.3 is 5.73 Å². The van der Waals surface area contributed by atoms with Crippen LogP contribution in [0.15, 0.2) is 18.2 Å². The summed E-state index contributed by atoms with van der Waals surface area (Å²) in [5.74, 6) is 1.40. The third-order valence-electron chi connectivity index (χ3n) is 3.67. The summed E-state index contributed by atoms with van der Waals surface area (Å²) in [5.41, 5.74) is 8.90. The van der Waals surface area contributed by atoms with Crippen molar-refractivity contribution >= 4 is 21.4 Å². The summed E-state index contributed by atoms with van der Waals surface area (Å²) in [4.78, 5) is 1.41. The molecule has 1 fully saturated rings. The van der Waals surface area contributed by atoms with Gasteiger partial charge in [-0.1, -0.05) is 19.9 Å². The third kappa shape index (κ3) is 1.90. The van der Waals surface area contributed by atoms with Crippen molar-refractivity contribution in [1.82, 2.24) is 0 Å². The lowest BCUT2D eigenvalue weighted by Crippen LogP contribution is -1.96. The Kier molecular flexibility index (Phi) is 2.72. The van der Waals surface area contributed by atoms with Gasteiger partial charge >= 0.3 is 0 Å². The van der Waals surface area contributed by atoms with E-state index in [1.54, 1.807) is 5.56 Å². The zero-order chi connectivity index (χ0) is 12.0. The molecule has 90 valence electrons. The summed E-state index contributed by atoms with van der Waals surface area (Å²) in [6, 6.07) is 6.93. The van der Waals surface area contributed by atoms with Crippen LogP contribution in [0.4, 0.5) is 0 Å². The fourth-order valence-electron chi connectivity index (χ4n) is 2.52. The molecule has 0 spiro atoms. The molecule has 1 aromatic heterocycles. The summed E-state index contributed by atoms with van der Waals surface area (Å²) in [6.45, 7) is 5.21. The van der Waals surface area contributed by atoms with Gasteiger partial charge in [0.2, 0.25) is 0 Å². The predicted molar refractivity (Wildman–Crippen MR) is 75.8 cm³/mol. The van der Waals surface area contributed by atoms with Crippen LogP contribution >= 0.6 is 11.3 Å². The molecule has 1 aromatic carbocycles. The lowest BCUT2D eigenvalue weighted by Gasteiger charge is -2.06. The molecule has 2 heteroatoms. The van der Waals surface area contributed by atoms with Gasteiger partial charge in [-0.05, 0) is 53.3 Å². The number of benzene rings is 1. The minimum Gasteiger partial charge on any atom is -0.326 e. The van der Waals surface area contributed by atoms with Crippen LogP contribution in [0, 0.1) is 0 Å². The Balaban J connectivity index is 2.21. The summed E-state index contributed by atoms with van der Waals surface area (Å²) in [7, 11) is 0. The van der Waals surface area contributed by atoms with Gasteiger partial charge in [-0.2, -0.15) is 0 Å². The molecule has 1 aliphatic rings. The van der Waals surface area contributed by atoms with E-state index in [-0.39, 0.29) is 0 Å². The minimum atomic E-state index is 0.604. The lowest BCUT2D eigenvalue weighted by molar-refractivity contribution is 0.868. The molecule has 2 aromatic rings. The van der Waals surface area contributed by atoms with Crippen molar-refractivity contribution in [2.75, 3.05) is 0 Å². The van der Waals surface area contributed by atoms with Gasteiger partial charge in [0.15, 0.2) is 0 Å². The van der Waals surface area contributed by atoms with Gasteiger partial charge in [0.1, 0.15) is 0 Å². The number of hydrogen-bond donors (Lipinski definition) is 1. The van der Waals surface area contributed by atoms with E-state index in [2.05, 4.69) is 32.0 Å². The largest absolute Gasteiger partial charge is 0.326 e. The first-order chi connectivity index (χ1) is 8.20. The Labute approximate surface area is 107 Å². The van der Waals surface area contributed by atoms with E-state index in [0.717, 1.165) is 5.92 Å². The fraction of sp³-hybridized carbons (Fsp3) is 0.467. The summed E-state index contributed by atoms with van der Waals surface area (Å²) >= 11 is 1.89. The molecule has 1 heterocycles. The number of rotatable bonds is 3. The van der Waals surface area contributed by atoms with E-state index in [0.29, 0.717) is 12.5 Å². The molecule has 1 aliphatic carbocycles. The van der Waals surface area contributed by atoms with Gasteiger partial charge in [-0.15, -0.1) is 11.3 Å². The molecule has 2 N–H and O–H groups in total. The van der Waals surface area contributed by atoms with Crippen LogP contribution < -0.4 is 5.73 Å². The maximum atomic E-state index is 5.89. The molecular weight excluding hydrogens is 226 g/mol. The number of nitrogens with two attached hydrogens (primary N) is 1. The van der Waals surface area contributed by atoms with Crippen molar-refractivity contribution in [1.29, 1.82) is 0 Å². The molecule has 17 heavy (non-hydrogen) atoms. The molecule has 0 radical (unpaired) electrons. The molecule has 0 bridgehead atoms. The quantitative estimate of drug-likeness (QED) is 0.854. The zero-order valence-corrected chi connectivity index (χ0v) is 11.3. The van der Waals surface area contributed by atoms with Gasteiger partial charge in [0, 0.05) is 16.1 Å². The van der Waals surface area contributed by atoms with E-state index in [9.17, 15) is 0 Å². The van der Waals surface area contributed by atoms with Crippen LogP contribution in [0.25, 0.3) is 10.1 Å². The Morgan fingerprint density at radius 3 is 2.71 bits per heavy atom. The van der Waals surface area contributed by atoms with Crippen LogP contribution in [0.1, 0.15) is 54.5 Å². The predicted octanol–water partition coefficient (Wildman–Crippen LogP) is 4.36. The summed E-state index contributed by atoms with van der Waals surface area (Å²) in [5, 5.41) is 1.48. The van der Waals surface area contributed by atoms with Crippen LogP contribution in [-0.4, -0.2) is 0 Å². The molecule has 1 saturated carbocycles. The first-order valence-electron chi connectivity index (χ1n) is 6.46. The second kappa shape index (κ2) is 4.11. The van der Waals surface area contributed by atoms with E-state index >= 15 is 0 Å². The van der Waals surface area contributed by atoms with Crippen molar-refractivity contribution in [3.8, 4) is 0 Å². The second-order valence-electron chi connectivity index (χ2n) is 5.33. The van der Waals surface area contributed by atoms with Crippen molar-refractivity contribution < 1.29 is 0 Å². The maximum absolute atomic E-state index is 5.89. The average Bonchev–Trinajstić information content (AvgIpc) is 3.08. The Morgan fingerprint density at radius 1 is 1.35 bits per heavy atom. The SMILES string of the molecule is CC(C)c1ccc2sc(CN)c(C3CC3)c2c1. The third-order valence-corrected chi connectivity index (χ3v) is 4.87. The number of hydrogen-bond acceptors (Lipinski definition) is 2. The maximum Gasteiger partial charge on any atom is 0.0349 e. The van der Waals surface area contributed by atoms with Crippen molar-refractivity contribution in [3.05, 3.63) is 34.2 Å². The average molecular weight is 245 g/mol. The van der Waals surface area contributed by atoms with Crippen LogP contribution in [-0.2, 0) is 6.54 Å².